The standard InChI is InChI=1S/C18H23F3N4O2/c1-4-22-17(24-11-16-25-12(2)13(3)27-16)23-8-9-26-15-7-5-6-14(10-15)18(19,20)21/h5-7,10H,4,8-9,11H2,1-3H3,(H2,22,23,24). The molecule has 148 valence electrons. The number of hydrogen-bond donors (Lipinski definition) is 2. The monoisotopic (exact) mass is 384 g/mol. The van der Waals surface area contributed by atoms with Crippen molar-refractivity contribution >= 4 is 5.96 Å². The zero-order chi connectivity index (χ0) is 19.9. The number of halogens is 3. The molecular formula is C18H23F3N4O2. The van der Waals surface area contributed by atoms with Gasteiger partial charge in [0, 0.05) is 6.54 Å². The number of nitrogens with one attached hydrogen (secondary N) is 2. The summed E-state index contributed by atoms with van der Waals surface area (Å²) in [5, 5.41) is 6.12. The second kappa shape index (κ2) is 9.29. The summed E-state index contributed by atoms with van der Waals surface area (Å²) in [4.78, 5) is 8.62. The smallest absolute Gasteiger partial charge is 0.416 e. The van der Waals surface area contributed by atoms with Crippen LogP contribution in [0, 0.1) is 13.8 Å². The summed E-state index contributed by atoms with van der Waals surface area (Å²) in [6.07, 6.45) is -4.39. The summed E-state index contributed by atoms with van der Waals surface area (Å²) in [5.41, 5.74) is 0.0899. The number of oxazole rings is 1. The van der Waals surface area contributed by atoms with E-state index in [0.29, 0.717) is 24.9 Å². The van der Waals surface area contributed by atoms with Gasteiger partial charge in [0.05, 0.1) is 17.8 Å². The van der Waals surface area contributed by atoms with Crippen LogP contribution in [0.5, 0.6) is 5.75 Å². The molecule has 6 nitrogen and oxygen atoms in total. The van der Waals surface area contributed by atoms with Crippen LogP contribution in [0.3, 0.4) is 0 Å². The molecule has 0 spiro atoms. The highest BCUT2D eigenvalue weighted by Gasteiger charge is 2.30. The van der Waals surface area contributed by atoms with Crippen molar-refractivity contribution in [1.29, 1.82) is 0 Å². The van der Waals surface area contributed by atoms with Crippen LogP contribution in [-0.4, -0.2) is 30.6 Å². The van der Waals surface area contributed by atoms with Crippen LogP contribution in [0.1, 0.15) is 29.8 Å². The summed E-state index contributed by atoms with van der Waals surface area (Å²) < 4.78 is 48.9. The molecule has 2 aromatic rings. The van der Waals surface area contributed by atoms with Gasteiger partial charge < -0.3 is 19.8 Å². The molecule has 0 bridgehead atoms. The van der Waals surface area contributed by atoms with Crippen molar-refractivity contribution in [2.75, 3.05) is 19.7 Å². The number of benzene rings is 1. The largest absolute Gasteiger partial charge is 0.492 e. The Morgan fingerprint density at radius 2 is 2.04 bits per heavy atom. The van der Waals surface area contributed by atoms with Crippen molar-refractivity contribution in [3.05, 3.63) is 47.2 Å². The number of alkyl halides is 3. The first kappa shape index (κ1) is 20.6. The maximum Gasteiger partial charge on any atom is 0.416 e. The average molecular weight is 384 g/mol. The third-order valence-electron chi connectivity index (χ3n) is 3.61. The molecular weight excluding hydrogens is 361 g/mol. The zero-order valence-corrected chi connectivity index (χ0v) is 15.5. The molecule has 0 atom stereocenters. The van der Waals surface area contributed by atoms with Crippen LogP contribution in [0.15, 0.2) is 33.7 Å². The lowest BCUT2D eigenvalue weighted by Crippen LogP contribution is -2.39. The Hall–Kier alpha value is -2.71. The fraction of sp³-hybridized carbons (Fsp3) is 0.444. The molecule has 1 heterocycles. The molecule has 2 rings (SSSR count). The highest BCUT2D eigenvalue weighted by atomic mass is 19.4. The van der Waals surface area contributed by atoms with Gasteiger partial charge in [0.2, 0.25) is 5.89 Å². The van der Waals surface area contributed by atoms with Gasteiger partial charge in [-0.15, -0.1) is 0 Å². The fourth-order valence-corrected chi connectivity index (χ4v) is 2.20. The van der Waals surface area contributed by atoms with E-state index in [4.69, 9.17) is 9.15 Å². The lowest BCUT2D eigenvalue weighted by molar-refractivity contribution is -0.137. The van der Waals surface area contributed by atoms with E-state index in [9.17, 15) is 13.2 Å². The predicted octanol–water partition coefficient (Wildman–Crippen LogP) is 3.44. The van der Waals surface area contributed by atoms with Crippen molar-refractivity contribution in [2.45, 2.75) is 33.5 Å². The van der Waals surface area contributed by atoms with Gasteiger partial charge in [-0.2, -0.15) is 13.2 Å². The predicted molar refractivity (Wildman–Crippen MR) is 95.7 cm³/mol. The fourth-order valence-electron chi connectivity index (χ4n) is 2.20. The molecule has 0 radical (unpaired) electrons. The van der Waals surface area contributed by atoms with E-state index < -0.39 is 11.7 Å². The first-order valence-electron chi connectivity index (χ1n) is 8.54. The van der Waals surface area contributed by atoms with Crippen molar-refractivity contribution in [3.63, 3.8) is 0 Å². The Morgan fingerprint density at radius 3 is 2.67 bits per heavy atom. The van der Waals surface area contributed by atoms with Crippen LogP contribution in [-0.2, 0) is 12.7 Å². The molecule has 0 saturated heterocycles. The van der Waals surface area contributed by atoms with Gasteiger partial charge in [-0.3, -0.25) is 0 Å². The number of ether oxygens (including phenoxy) is 1. The maximum atomic E-state index is 12.7. The third kappa shape index (κ3) is 6.50. The summed E-state index contributed by atoms with van der Waals surface area (Å²) in [6.45, 7) is 7.11. The zero-order valence-electron chi connectivity index (χ0n) is 15.5. The highest BCUT2D eigenvalue weighted by Crippen LogP contribution is 2.31. The molecule has 0 saturated carbocycles. The molecule has 1 aromatic heterocycles. The molecule has 9 heteroatoms. The van der Waals surface area contributed by atoms with Crippen LogP contribution < -0.4 is 15.4 Å². The quantitative estimate of drug-likeness (QED) is 0.435. The van der Waals surface area contributed by atoms with Crippen molar-refractivity contribution in [2.24, 2.45) is 4.99 Å². The minimum absolute atomic E-state index is 0.166. The molecule has 0 aliphatic carbocycles. The van der Waals surface area contributed by atoms with Crippen LogP contribution >= 0.6 is 0 Å². The number of aliphatic imine (C=N–C) groups is 1. The number of guanidine groups is 1. The maximum absolute atomic E-state index is 12.7. The SMILES string of the molecule is CCNC(=NCc1nc(C)c(C)o1)NCCOc1cccc(C(F)(F)F)c1. The molecule has 0 amide bonds. The molecule has 1 aromatic carbocycles. The van der Waals surface area contributed by atoms with E-state index in [0.717, 1.165) is 23.6 Å². The van der Waals surface area contributed by atoms with Crippen LogP contribution in [0.2, 0.25) is 0 Å². The van der Waals surface area contributed by atoms with Crippen molar-refractivity contribution in [3.8, 4) is 5.75 Å². The first-order valence-corrected chi connectivity index (χ1v) is 8.54. The normalized spacial score (nSPS) is 12.1. The third-order valence-corrected chi connectivity index (χ3v) is 3.61. The number of hydrogen-bond acceptors (Lipinski definition) is 4. The van der Waals surface area contributed by atoms with E-state index >= 15 is 0 Å². The minimum Gasteiger partial charge on any atom is -0.492 e. The highest BCUT2D eigenvalue weighted by molar-refractivity contribution is 5.79. The minimum atomic E-state index is -4.39. The van der Waals surface area contributed by atoms with E-state index in [2.05, 4.69) is 20.6 Å². The van der Waals surface area contributed by atoms with Crippen molar-refractivity contribution < 1.29 is 22.3 Å². The van der Waals surface area contributed by atoms with Crippen LogP contribution in [0.25, 0.3) is 0 Å². The Bertz CT molecular complexity index is 753. The Morgan fingerprint density at radius 1 is 1.26 bits per heavy atom. The number of nitrogens with zero attached hydrogens (tertiary/aromatic N) is 2. The Kier molecular flexibility index (Phi) is 7.09. The first-order chi connectivity index (χ1) is 12.8. The molecule has 0 fully saturated rings. The average Bonchev–Trinajstić information content (AvgIpc) is 2.94. The second-order valence-electron chi connectivity index (χ2n) is 5.75. The van der Waals surface area contributed by atoms with Crippen LogP contribution in [0.4, 0.5) is 13.2 Å². The van der Waals surface area contributed by atoms with Gasteiger partial charge in [-0.05, 0) is 39.0 Å². The van der Waals surface area contributed by atoms with Gasteiger partial charge >= 0.3 is 6.18 Å². The Balaban J connectivity index is 1.84. The van der Waals surface area contributed by atoms with Gasteiger partial charge in [0.15, 0.2) is 5.96 Å². The van der Waals surface area contributed by atoms with Gasteiger partial charge in [-0.25, -0.2) is 9.98 Å². The van der Waals surface area contributed by atoms with E-state index in [-0.39, 0.29) is 18.9 Å². The number of aromatic nitrogens is 1. The molecule has 0 aliphatic heterocycles. The van der Waals surface area contributed by atoms with E-state index in [1.165, 1.54) is 12.1 Å². The van der Waals surface area contributed by atoms with Crippen molar-refractivity contribution in [1.82, 2.24) is 15.6 Å². The lowest BCUT2D eigenvalue weighted by Gasteiger charge is -2.13. The molecule has 2 N–H and O–H groups in total. The molecule has 0 unspecified atom stereocenters. The topological polar surface area (TPSA) is 71.7 Å². The second-order valence-corrected chi connectivity index (χ2v) is 5.75. The summed E-state index contributed by atoms with van der Waals surface area (Å²) in [7, 11) is 0. The number of rotatable bonds is 7. The molecule has 0 aliphatic rings. The van der Waals surface area contributed by atoms with Gasteiger partial charge in [0.1, 0.15) is 24.7 Å². The Labute approximate surface area is 155 Å². The van der Waals surface area contributed by atoms with Gasteiger partial charge in [0.25, 0.3) is 0 Å². The summed E-state index contributed by atoms with van der Waals surface area (Å²) in [5.74, 6) is 1.98. The number of aryl methyl sites for hydroxylation is 2. The lowest BCUT2D eigenvalue weighted by atomic mass is 10.2. The van der Waals surface area contributed by atoms with E-state index in [1.54, 1.807) is 0 Å². The summed E-state index contributed by atoms with van der Waals surface area (Å²) in [6, 6.07) is 4.79. The summed E-state index contributed by atoms with van der Waals surface area (Å²) >= 11 is 0. The van der Waals surface area contributed by atoms with E-state index in [1.807, 2.05) is 20.8 Å². The van der Waals surface area contributed by atoms with Gasteiger partial charge in [-0.1, -0.05) is 6.07 Å². The molecule has 27 heavy (non-hydrogen) atoms.